The molecule has 1 unspecified atom stereocenters. The lowest BCUT2D eigenvalue weighted by molar-refractivity contribution is -0.122. The van der Waals surface area contributed by atoms with Crippen molar-refractivity contribution in [3.63, 3.8) is 0 Å². The minimum Gasteiger partial charge on any atom is -0.369 e. The van der Waals surface area contributed by atoms with E-state index in [-0.39, 0.29) is 11.5 Å². The van der Waals surface area contributed by atoms with E-state index in [4.69, 9.17) is 12.2 Å². The highest BCUT2D eigenvalue weighted by molar-refractivity contribution is 8.26. The number of thioether (sulfide) groups is 1. The minimum atomic E-state index is -0.197. The monoisotopic (exact) mass is 472 g/mol. The molecule has 1 atom stereocenters. The van der Waals surface area contributed by atoms with Crippen LogP contribution in [0.15, 0.2) is 28.0 Å². The lowest BCUT2D eigenvalue weighted by Crippen LogP contribution is -2.33. The van der Waals surface area contributed by atoms with E-state index in [1.165, 1.54) is 16.2 Å². The smallest absolute Gasteiger partial charge is 0.267 e. The molecule has 0 bridgehead atoms. The Kier molecular flexibility index (Phi) is 8.48. The Hall–Kier alpha value is -2.19. The number of nitrogens with one attached hydrogen (secondary N) is 1. The Labute approximate surface area is 199 Å². The number of nitrogens with zero attached hydrogens (tertiary/aromatic N) is 3. The van der Waals surface area contributed by atoms with Crippen LogP contribution in [-0.4, -0.2) is 37.6 Å². The van der Waals surface area contributed by atoms with Gasteiger partial charge in [-0.05, 0) is 43.4 Å². The van der Waals surface area contributed by atoms with Crippen molar-refractivity contribution in [1.29, 1.82) is 0 Å². The summed E-state index contributed by atoms with van der Waals surface area (Å²) in [6.45, 7) is 9.64. The number of carbonyl (C=O) groups is 1. The van der Waals surface area contributed by atoms with Gasteiger partial charge in [-0.3, -0.25) is 18.9 Å². The first-order chi connectivity index (χ1) is 15.4. The van der Waals surface area contributed by atoms with Gasteiger partial charge in [0.1, 0.15) is 15.8 Å². The highest BCUT2D eigenvalue weighted by Crippen LogP contribution is 2.34. The molecular formula is C24H32N4O2S2. The lowest BCUT2D eigenvalue weighted by atomic mass is 9.99. The van der Waals surface area contributed by atoms with Crippen LogP contribution in [0.5, 0.6) is 0 Å². The zero-order valence-corrected chi connectivity index (χ0v) is 20.9. The Morgan fingerprint density at radius 3 is 2.69 bits per heavy atom. The summed E-state index contributed by atoms with van der Waals surface area (Å²) in [5.41, 5.74) is 1.73. The maximum absolute atomic E-state index is 13.3. The van der Waals surface area contributed by atoms with Crippen LogP contribution in [0.25, 0.3) is 11.7 Å². The fourth-order valence-corrected chi connectivity index (χ4v) is 4.99. The van der Waals surface area contributed by atoms with Gasteiger partial charge >= 0.3 is 0 Å². The van der Waals surface area contributed by atoms with Crippen LogP contribution in [0, 0.1) is 12.8 Å². The summed E-state index contributed by atoms with van der Waals surface area (Å²) in [7, 11) is 0. The average molecular weight is 473 g/mol. The second kappa shape index (κ2) is 11.1. The normalized spacial score (nSPS) is 16.4. The molecule has 0 aliphatic carbocycles. The predicted octanol–water partition coefficient (Wildman–Crippen LogP) is 5.24. The largest absolute Gasteiger partial charge is 0.369 e. The van der Waals surface area contributed by atoms with Crippen molar-refractivity contribution in [2.75, 3.05) is 18.4 Å². The molecule has 2 aromatic heterocycles. The number of unbranched alkanes of at least 4 members (excludes halogenated alkanes) is 1. The molecule has 3 rings (SSSR count). The zero-order chi connectivity index (χ0) is 23.3. The second-order valence-electron chi connectivity index (χ2n) is 8.25. The molecule has 1 N–H and O–H groups in total. The molecule has 172 valence electrons. The van der Waals surface area contributed by atoms with Crippen molar-refractivity contribution in [3.05, 3.63) is 44.7 Å². The number of pyridine rings is 1. The first kappa shape index (κ1) is 24.5. The zero-order valence-electron chi connectivity index (χ0n) is 19.3. The summed E-state index contributed by atoms with van der Waals surface area (Å²) in [5, 5.41) is 3.25. The van der Waals surface area contributed by atoms with Gasteiger partial charge in [0.15, 0.2) is 0 Å². The first-order valence-electron chi connectivity index (χ1n) is 11.4. The molecule has 8 heteroatoms. The Morgan fingerprint density at radius 1 is 1.22 bits per heavy atom. The van der Waals surface area contributed by atoms with E-state index in [1.54, 1.807) is 17.2 Å². The summed E-state index contributed by atoms with van der Waals surface area (Å²) < 4.78 is 2.10. The number of aromatic nitrogens is 2. The molecule has 3 heterocycles. The number of aryl methyl sites for hydroxylation is 1. The third-order valence-electron chi connectivity index (χ3n) is 5.68. The fraction of sp³-hybridized carbons (Fsp3) is 0.500. The molecule has 0 spiro atoms. The summed E-state index contributed by atoms with van der Waals surface area (Å²) in [6, 6.07) is 3.76. The second-order valence-corrected chi connectivity index (χ2v) is 9.93. The van der Waals surface area contributed by atoms with Crippen LogP contribution in [-0.2, 0) is 4.79 Å². The highest BCUT2D eigenvalue weighted by Gasteiger charge is 2.33. The molecule has 1 amide bonds. The van der Waals surface area contributed by atoms with Gasteiger partial charge in [-0.2, -0.15) is 0 Å². The van der Waals surface area contributed by atoms with Crippen LogP contribution in [0.3, 0.4) is 0 Å². The van der Waals surface area contributed by atoms with E-state index < -0.39 is 0 Å². The molecule has 1 saturated heterocycles. The summed E-state index contributed by atoms with van der Waals surface area (Å²) in [5.74, 6) is 0.806. The van der Waals surface area contributed by atoms with Gasteiger partial charge in [0.05, 0.1) is 10.5 Å². The molecule has 2 aromatic rings. The number of thiocarbonyl (C=S) groups is 1. The van der Waals surface area contributed by atoms with Gasteiger partial charge in [0.2, 0.25) is 0 Å². The number of carbonyl (C=O) groups excluding carboxylic acids is 1. The van der Waals surface area contributed by atoms with Crippen LogP contribution < -0.4 is 10.9 Å². The van der Waals surface area contributed by atoms with Gasteiger partial charge in [0, 0.05) is 19.3 Å². The van der Waals surface area contributed by atoms with Gasteiger partial charge in [0.25, 0.3) is 11.5 Å². The Morgan fingerprint density at radius 2 is 2.00 bits per heavy atom. The van der Waals surface area contributed by atoms with Crippen LogP contribution >= 0.6 is 24.0 Å². The van der Waals surface area contributed by atoms with E-state index in [2.05, 4.69) is 31.1 Å². The third-order valence-corrected chi connectivity index (χ3v) is 7.06. The summed E-state index contributed by atoms with van der Waals surface area (Å²) in [4.78, 5) is 33.4. The first-order valence-corrected chi connectivity index (χ1v) is 12.6. The van der Waals surface area contributed by atoms with Gasteiger partial charge in [-0.15, -0.1) is 0 Å². The van der Waals surface area contributed by atoms with Crippen molar-refractivity contribution in [3.8, 4) is 0 Å². The van der Waals surface area contributed by atoms with E-state index in [1.807, 2.05) is 19.1 Å². The summed E-state index contributed by atoms with van der Waals surface area (Å²) in [6.07, 6.45) is 8.71. The maximum Gasteiger partial charge on any atom is 0.267 e. The van der Waals surface area contributed by atoms with Crippen molar-refractivity contribution >= 4 is 51.7 Å². The molecule has 32 heavy (non-hydrogen) atoms. The Balaban J connectivity index is 1.98. The number of amides is 1. The van der Waals surface area contributed by atoms with Crippen LogP contribution in [0.1, 0.15) is 64.0 Å². The number of anilines is 1. The SMILES string of the molecule is CCCCC(CC)CN1C(=O)C(=Cc2c(NCCC)nc3ccc(C)cn3c2=O)SC1=S. The van der Waals surface area contributed by atoms with Gasteiger partial charge in [-0.1, -0.05) is 70.1 Å². The topological polar surface area (TPSA) is 66.7 Å². The minimum absolute atomic E-state index is 0.120. The van der Waals surface area contributed by atoms with Gasteiger partial charge in [-0.25, -0.2) is 4.98 Å². The lowest BCUT2D eigenvalue weighted by Gasteiger charge is -2.21. The standard InChI is InChI=1S/C24H32N4O2S2/c1-5-8-9-17(7-3)15-28-23(30)19(32-24(28)31)13-18-21(25-12-6-2)26-20-11-10-16(4)14-27(20)22(18)29/h10-11,13-14,17,25H,5-9,12,15H2,1-4H3. The van der Waals surface area contributed by atoms with Crippen molar-refractivity contribution in [1.82, 2.24) is 14.3 Å². The number of fused-ring (bicyclic) bond motifs is 1. The predicted molar refractivity (Wildman–Crippen MR) is 138 cm³/mol. The van der Waals surface area contributed by atoms with E-state index in [9.17, 15) is 9.59 Å². The van der Waals surface area contributed by atoms with Crippen molar-refractivity contribution < 1.29 is 4.79 Å². The van der Waals surface area contributed by atoms with Crippen molar-refractivity contribution in [2.45, 2.75) is 59.8 Å². The molecule has 0 radical (unpaired) electrons. The molecule has 0 aromatic carbocycles. The molecule has 1 aliphatic heterocycles. The maximum atomic E-state index is 13.3. The summed E-state index contributed by atoms with van der Waals surface area (Å²) >= 11 is 6.80. The fourth-order valence-electron chi connectivity index (χ4n) is 3.73. The molecule has 1 fully saturated rings. The molecule has 1 aliphatic rings. The number of hydrogen-bond donors (Lipinski definition) is 1. The quantitative estimate of drug-likeness (QED) is 0.377. The number of hydrogen-bond acceptors (Lipinski definition) is 6. The van der Waals surface area contributed by atoms with E-state index >= 15 is 0 Å². The molecule has 0 saturated carbocycles. The van der Waals surface area contributed by atoms with E-state index in [0.717, 1.165) is 37.7 Å². The van der Waals surface area contributed by atoms with Crippen LogP contribution in [0.4, 0.5) is 5.82 Å². The molecule has 6 nitrogen and oxygen atoms in total. The van der Waals surface area contributed by atoms with Gasteiger partial charge < -0.3 is 5.32 Å². The van der Waals surface area contributed by atoms with Crippen LogP contribution in [0.2, 0.25) is 0 Å². The average Bonchev–Trinajstić information content (AvgIpc) is 3.04. The number of rotatable bonds is 10. The third kappa shape index (κ3) is 5.41. The van der Waals surface area contributed by atoms with Crippen molar-refractivity contribution in [2.24, 2.45) is 5.92 Å². The molecular weight excluding hydrogens is 440 g/mol. The van der Waals surface area contributed by atoms with E-state index in [0.29, 0.717) is 45.3 Å². The Bertz CT molecular complexity index is 1090. The highest BCUT2D eigenvalue weighted by atomic mass is 32.2.